The maximum atomic E-state index is 13.2. The van der Waals surface area contributed by atoms with E-state index in [9.17, 15) is 4.39 Å². The number of nitrogens with two attached hydrogens (primary N) is 1. The Kier molecular flexibility index (Phi) is 2.41. The first kappa shape index (κ1) is 8.69. The summed E-state index contributed by atoms with van der Waals surface area (Å²) in [4.78, 5) is 0. The van der Waals surface area contributed by atoms with E-state index in [1.807, 2.05) is 0 Å². The van der Waals surface area contributed by atoms with Crippen LogP contribution in [0.5, 0.6) is 0 Å². The second kappa shape index (κ2) is 3.33. The van der Waals surface area contributed by atoms with E-state index < -0.39 is 5.82 Å². The standard InChI is InChI=1S/C9H9FN2/c1-6(12)8-4-2-3-7(5-11)9(8)10/h2-4,6H,12H2,1H3/t6-/m0/s1. The van der Waals surface area contributed by atoms with Crippen molar-refractivity contribution in [3.05, 3.63) is 35.1 Å². The minimum atomic E-state index is -0.505. The second-order valence-corrected chi connectivity index (χ2v) is 2.61. The van der Waals surface area contributed by atoms with Gasteiger partial charge >= 0.3 is 0 Å². The molecule has 1 rings (SSSR count). The van der Waals surface area contributed by atoms with Gasteiger partial charge in [0.25, 0.3) is 0 Å². The van der Waals surface area contributed by atoms with Crippen LogP contribution in [0.4, 0.5) is 4.39 Å². The largest absolute Gasteiger partial charge is 0.324 e. The van der Waals surface area contributed by atoms with E-state index in [-0.39, 0.29) is 11.6 Å². The highest BCUT2D eigenvalue weighted by atomic mass is 19.1. The summed E-state index contributed by atoms with van der Waals surface area (Å²) in [5, 5.41) is 8.49. The van der Waals surface area contributed by atoms with Gasteiger partial charge in [0.1, 0.15) is 11.9 Å². The summed E-state index contributed by atoms with van der Waals surface area (Å²) in [7, 11) is 0. The van der Waals surface area contributed by atoms with Gasteiger partial charge in [-0.1, -0.05) is 12.1 Å². The van der Waals surface area contributed by atoms with Crippen molar-refractivity contribution in [1.29, 1.82) is 5.26 Å². The van der Waals surface area contributed by atoms with Crippen molar-refractivity contribution in [2.45, 2.75) is 13.0 Å². The number of halogens is 1. The Morgan fingerprint density at radius 1 is 1.58 bits per heavy atom. The lowest BCUT2D eigenvalue weighted by molar-refractivity contribution is 0.590. The van der Waals surface area contributed by atoms with Gasteiger partial charge in [0.15, 0.2) is 0 Å². The Hall–Kier alpha value is -1.40. The maximum Gasteiger partial charge on any atom is 0.145 e. The lowest BCUT2D eigenvalue weighted by atomic mass is 10.1. The van der Waals surface area contributed by atoms with Crippen LogP contribution in [-0.4, -0.2) is 0 Å². The molecule has 0 amide bonds. The van der Waals surface area contributed by atoms with Crippen LogP contribution in [-0.2, 0) is 0 Å². The van der Waals surface area contributed by atoms with Crippen molar-refractivity contribution in [2.24, 2.45) is 5.73 Å². The average Bonchev–Trinajstić information content (AvgIpc) is 2.04. The van der Waals surface area contributed by atoms with Crippen LogP contribution in [0.25, 0.3) is 0 Å². The Morgan fingerprint density at radius 2 is 2.25 bits per heavy atom. The first-order valence-corrected chi connectivity index (χ1v) is 3.61. The number of hydrogen-bond acceptors (Lipinski definition) is 2. The minimum Gasteiger partial charge on any atom is -0.324 e. The zero-order valence-electron chi connectivity index (χ0n) is 6.71. The molecule has 0 unspecified atom stereocenters. The molecule has 0 aliphatic rings. The van der Waals surface area contributed by atoms with Crippen LogP contribution in [0, 0.1) is 17.1 Å². The highest BCUT2D eigenvalue weighted by Crippen LogP contribution is 2.17. The minimum absolute atomic E-state index is 0.0461. The molecule has 3 heteroatoms. The molecule has 0 bridgehead atoms. The highest BCUT2D eigenvalue weighted by Gasteiger charge is 2.09. The SMILES string of the molecule is C[C@H](N)c1cccc(C#N)c1F. The van der Waals surface area contributed by atoms with Gasteiger partial charge in [-0.3, -0.25) is 0 Å². The van der Waals surface area contributed by atoms with Crippen LogP contribution >= 0.6 is 0 Å². The fourth-order valence-electron chi connectivity index (χ4n) is 0.988. The van der Waals surface area contributed by atoms with Gasteiger partial charge in [-0.15, -0.1) is 0 Å². The van der Waals surface area contributed by atoms with Crippen molar-refractivity contribution in [1.82, 2.24) is 0 Å². The molecule has 0 fully saturated rings. The van der Waals surface area contributed by atoms with E-state index in [0.717, 1.165) is 0 Å². The predicted molar refractivity (Wildman–Crippen MR) is 43.7 cm³/mol. The molecular formula is C9H9FN2. The molecule has 0 aromatic heterocycles. The Labute approximate surface area is 70.4 Å². The first-order chi connectivity index (χ1) is 5.66. The molecule has 12 heavy (non-hydrogen) atoms. The number of rotatable bonds is 1. The van der Waals surface area contributed by atoms with E-state index >= 15 is 0 Å². The zero-order valence-corrected chi connectivity index (χ0v) is 6.71. The third-order valence-corrected chi connectivity index (χ3v) is 1.64. The molecule has 2 nitrogen and oxygen atoms in total. The molecule has 1 aromatic rings. The Bertz CT molecular complexity index is 326. The van der Waals surface area contributed by atoms with Crippen LogP contribution in [0.15, 0.2) is 18.2 Å². The van der Waals surface area contributed by atoms with Gasteiger partial charge in [-0.05, 0) is 13.0 Å². The molecule has 0 aliphatic heterocycles. The smallest absolute Gasteiger partial charge is 0.145 e. The monoisotopic (exact) mass is 164 g/mol. The number of hydrogen-bond donors (Lipinski definition) is 1. The van der Waals surface area contributed by atoms with Gasteiger partial charge in [0, 0.05) is 11.6 Å². The molecule has 1 atom stereocenters. The molecule has 0 radical (unpaired) electrons. The number of nitrogens with zero attached hydrogens (tertiary/aromatic N) is 1. The maximum absolute atomic E-state index is 13.2. The number of nitriles is 1. The molecule has 0 aliphatic carbocycles. The van der Waals surface area contributed by atoms with Crippen molar-refractivity contribution >= 4 is 0 Å². The molecule has 0 heterocycles. The summed E-state index contributed by atoms with van der Waals surface area (Å²) in [6.07, 6.45) is 0. The quantitative estimate of drug-likeness (QED) is 0.687. The van der Waals surface area contributed by atoms with Crippen LogP contribution in [0.2, 0.25) is 0 Å². The van der Waals surface area contributed by atoms with Gasteiger partial charge in [-0.25, -0.2) is 4.39 Å². The predicted octanol–water partition coefficient (Wildman–Crippen LogP) is 1.72. The number of benzene rings is 1. The third-order valence-electron chi connectivity index (χ3n) is 1.64. The molecule has 0 saturated heterocycles. The van der Waals surface area contributed by atoms with Gasteiger partial charge in [0.05, 0.1) is 5.56 Å². The fourth-order valence-corrected chi connectivity index (χ4v) is 0.988. The molecular weight excluding hydrogens is 155 g/mol. The molecule has 2 N–H and O–H groups in total. The summed E-state index contributed by atoms with van der Waals surface area (Å²) in [6.45, 7) is 1.68. The summed E-state index contributed by atoms with van der Waals surface area (Å²) in [6, 6.07) is 6.02. The van der Waals surface area contributed by atoms with Crippen molar-refractivity contribution in [2.75, 3.05) is 0 Å². The lowest BCUT2D eigenvalue weighted by Crippen LogP contribution is -2.08. The average molecular weight is 164 g/mol. The Balaban J connectivity index is 3.25. The van der Waals surface area contributed by atoms with Crippen molar-refractivity contribution in [3.8, 4) is 6.07 Å². The normalized spacial score (nSPS) is 12.2. The Morgan fingerprint density at radius 3 is 2.75 bits per heavy atom. The third kappa shape index (κ3) is 1.44. The highest BCUT2D eigenvalue weighted by molar-refractivity contribution is 5.35. The molecule has 1 aromatic carbocycles. The van der Waals surface area contributed by atoms with Crippen LogP contribution in [0.3, 0.4) is 0 Å². The van der Waals surface area contributed by atoms with Gasteiger partial charge < -0.3 is 5.73 Å². The van der Waals surface area contributed by atoms with Gasteiger partial charge in [0.2, 0.25) is 0 Å². The molecule has 0 saturated carbocycles. The summed E-state index contributed by atoms with van der Waals surface area (Å²) >= 11 is 0. The van der Waals surface area contributed by atoms with Crippen molar-refractivity contribution < 1.29 is 4.39 Å². The van der Waals surface area contributed by atoms with Gasteiger partial charge in [-0.2, -0.15) is 5.26 Å². The molecule has 62 valence electrons. The van der Waals surface area contributed by atoms with E-state index in [0.29, 0.717) is 5.56 Å². The first-order valence-electron chi connectivity index (χ1n) is 3.61. The summed E-state index contributed by atoms with van der Waals surface area (Å²) in [5.74, 6) is -0.505. The van der Waals surface area contributed by atoms with Crippen LogP contribution in [0.1, 0.15) is 24.1 Å². The zero-order chi connectivity index (χ0) is 9.14. The topological polar surface area (TPSA) is 49.8 Å². The second-order valence-electron chi connectivity index (χ2n) is 2.61. The van der Waals surface area contributed by atoms with E-state index in [1.54, 1.807) is 25.1 Å². The summed E-state index contributed by atoms with van der Waals surface area (Å²) < 4.78 is 13.2. The molecule has 0 spiro atoms. The van der Waals surface area contributed by atoms with E-state index in [2.05, 4.69) is 0 Å². The van der Waals surface area contributed by atoms with E-state index in [1.165, 1.54) is 6.07 Å². The lowest BCUT2D eigenvalue weighted by Gasteiger charge is -2.06. The van der Waals surface area contributed by atoms with E-state index in [4.69, 9.17) is 11.0 Å². The summed E-state index contributed by atoms with van der Waals surface area (Å²) in [5.41, 5.74) is 5.92. The van der Waals surface area contributed by atoms with Crippen molar-refractivity contribution in [3.63, 3.8) is 0 Å². The fraction of sp³-hybridized carbons (Fsp3) is 0.222. The van der Waals surface area contributed by atoms with Crippen LogP contribution < -0.4 is 5.73 Å².